The van der Waals surface area contributed by atoms with Crippen LogP contribution in [0.5, 0.6) is 0 Å². The molecule has 0 spiro atoms. The molecule has 0 atom stereocenters. The molecule has 0 bridgehead atoms. The summed E-state index contributed by atoms with van der Waals surface area (Å²) in [7, 11) is 0. The highest BCUT2D eigenvalue weighted by molar-refractivity contribution is 6.31. The molecule has 0 amide bonds. The monoisotopic (exact) mass is 365 g/mol. The summed E-state index contributed by atoms with van der Waals surface area (Å²) in [6.07, 6.45) is 0. The molecule has 0 saturated carbocycles. The van der Waals surface area contributed by atoms with Gasteiger partial charge in [0.2, 0.25) is 0 Å². The van der Waals surface area contributed by atoms with Crippen LogP contribution in [0, 0.1) is 5.82 Å². The summed E-state index contributed by atoms with van der Waals surface area (Å²) in [5, 5.41) is 17.5. The summed E-state index contributed by atoms with van der Waals surface area (Å²) < 4.78 is 15.3. The maximum Gasteiger partial charge on any atom is 0.358 e. The van der Waals surface area contributed by atoms with E-state index in [1.54, 1.807) is 30.3 Å². The van der Waals surface area contributed by atoms with E-state index in [-0.39, 0.29) is 28.5 Å². The topological polar surface area (TPSA) is 68.0 Å². The molecule has 3 rings (SSSR count). The Morgan fingerprint density at radius 1 is 1.21 bits per heavy atom. The van der Waals surface area contributed by atoms with Crippen LogP contribution in [0.1, 0.15) is 16.1 Å². The SMILES string of the molecule is O=C(O)c1nnn(Cc2c(F)cccc2Cl)c1-c1cccc(Cl)c1. The molecule has 0 unspecified atom stereocenters. The minimum absolute atomic E-state index is 0.0619. The van der Waals surface area contributed by atoms with Gasteiger partial charge in [-0.2, -0.15) is 0 Å². The molecule has 1 heterocycles. The predicted molar refractivity (Wildman–Crippen MR) is 87.9 cm³/mol. The van der Waals surface area contributed by atoms with E-state index in [1.165, 1.54) is 16.8 Å². The molecule has 0 fully saturated rings. The van der Waals surface area contributed by atoms with E-state index in [4.69, 9.17) is 23.2 Å². The maximum absolute atomic E-state index is 14.0. The van der Waals surface area contributed by atoms with Crippen LogP contribution in [0.3, 0.4) is 0 Å². The van der Waals surface area contributed by atoms with Crippen molar-refractivity contribution < 1.29 is 14.3 Å². The Hall–Kier alpha value is -2.44. The third-order valence-electron chi connectivity index (χ3n) is 3.41. The molecule has 1 aromatic heterocycles. The average Bonchev–Trinajstić information content (AvgIpc) is 2.95. The van der Waals surface area contributed by atoms with Crippen molar-refractivity contribution in [3.8, 4) is 11.3 Å². The lowest BCUT2D eigenvalue weighted by molar-refractivity contribution is 0.0691. The number of carbonyl (C=O) groups is 1. The van der Waals surface area contributed by atoms with E-state index in [0.29, 0.717) is 10.6 Å². The van der Waals surface area contributed by atoms with Crippen molar-refractivity contribution in [3.63, 3.8) is 0 Å². The molecule has 3 aromatic rings. The first-order valence-electron chi connectivity index (χ1n) is 6.83. The van der Waals surface area contributed by atoms with E-state index >= 15 is 0 Å². The van der Waals surface area contributed by atoms with Gasteiger partial charge in [-0.1, -0.05) is 46.6 Å². The molecule has 8 heteroatoms. The Bertz CT molecular complexity index is 907. The lowest BCUT2D eigenvalue weighted by Crippen LogP contribution is -2.08. The zero-order valence-electron chi connectivity index (χ0n) is 12.1. The molecule has 0 aliphatic carbocycles. The molecule has 122 valence electrons. The third kappa shape index (κ3) is 3.11. The Balaban J connectivity index is 2.14. The highest BCUT2D eigenvalue weighted by Crippen LogP contribution is 2.27. The molecule has 0 saturated heterocycles. The number of hydrogen-bond acceptors (Lipinski definition) is 3. The van der Waals surface area contributed by atoms with Gasteiger partial charge < -0.3 is 5.11 Å². The Morgan fingerprint density at radius 3 is 2.62 bits per heavy atom. The van der Waals surface area contributed by atoms with Gasteiger partial charge in [0.25, 0.3) is 0 Å². The van der Waals surface area contributed by atoms with Gasteiger partial charge in [0, 0.05) is 21.2 Å². The van der Waals surface area contributed by atoms with E-state index in [0.717, 1.165) is 0 Å². The summed E-state index contributed by atoms with van der Waals surface area (Å²) >= 11 is 12.0. The minimum atomic E-state index is -1.24. The third-order valence-corrected chi connectivity index (χ3v) is 3.99. The molecule has 0 aliphatic heterocycles. The van der Waals surface area contributed by atoms with Crippen LogP contribution in [0.15, 0.2) is 42.5 Å². The van der Waals surface area contributed by atoms with Crippen LogP contribution in [-0.2, 0) is 6.54 Å². The van der Waals surface area contributed by atoms with Crippen LogP contribution < -0.4 is 0 Å². The fourth-order valence-electron chi connectivity index (χ4n) is 2.32. The van der Waals surface area contributed by atoms with E-state index in [9.17, 15) is 14.3 Å². The number of nitrogens with zero attached hydrogens (tertiary/aromatic N) is 3. The summed E-state index contributed by atoms with van der Waals surface area (Å²) in [4.78, 5) is 11.4. The van der Waals surface area contributed by atoms with Crippen LogP contribution in [0.2, 0.25) is 10.0 Å². The number of carboxylic acid groups (broad SMARTS) is 1. The molecule has 5 nitrogen and oxygen atoms in total. The number of benzene rings is 2. The van der Waals surface area contributed by atoms with Crippen LogP contribution in [-0.4, -0.2) is 26.1 Å². The van der Waals surface area contributed by atoms with Crippen molar-refractivity contribution >= 4 is 29.2 Å². The van der Waals surface area contributed by atoms with Gasteiger partial charge in [0.15, 0.2) is 5.69 Å². The average molecular weight is 366 g/mol. The predicted octanol–water partition coefficient (Wildman–Crippen LogP) is 4.14. The van der Waals surface area contributed by atoms with Crippen LogP contribution in [0.4, 0.5) is 4.39 Å². The molecule has 0 aliphatic rings. The molecule has 2 aromatic carbocycles. The van der Waals surface area contributed by atoms with E-state index in [2.05, 4.69) is 10.3 Å². The largest absolute Gasteiger partial charge is 0.476 e. The molecule has 24 heavy (non-hydrogen) atoms. The Kier molecular flexibility index (Phi) is 4.51. The second-order valence-electron chi connectivity index (χ2n) is 4.96. The summed E-state index contributed by atoms with van der Waals surface area (Å²) in [5.74, 6) is -1.75. The lowest BCUT2D eigenvalue weighted by atomic mass is 10.1. The van der Waals surface area contributed by atoms with Gasteiger partial charge in [0.05, 0.1) is 6.54 Å². The molecular formula is C16H10Cl2FN3O2. The first kappa shape index (κ1) is 16.4. The van der Waals surface area contributed by atoms with Gasteiger partial charge in [-0.3, -0.25) is 0 Å². The summed E-state index contributed by atoms with van der Waals surface area (Å²) in [5.41, 5.74) is 0.690. The van der Waals surface area contributed by atoms with Crippen LogP contribution >= 0.6 is 23.2 Å². The smallest absolute Gasteiger partial charge is 0.358 e. The summed E-state index contributed by atoms with van der Waals surface area (Å²) in [6.45, 7) is -0.0619. The minimum Gasteiger partial charge on any atom is -0.476 e. The zero-order valence-corrected chi connectivity index (χ0v) is 13.6. The van der Waals surface area contributed by atoms with Crippen molar-refractivity contribution in [1.29, 1.82) is 0 Å². The molecule has 1 N–H and O–H groups in total. The normalized spacial score (nSPS) is 10.8. The lowest BCUT2D eigenvalue weighted by Gasteiger charge is -2.10. The number of halogens is 3. The number of hydrogen-bond donors (Lipinski definition) is 1. The fraction of sp³-hybridized carbons (Fsp3) is 0.0625. The Morgan fingerprint density at radius 2 is 1.96 bits per heavy atom. The fourth-order valence-corrected chi connectivity index (χ4v) is 2.74. The quantitative estimate of drug-likeness (QED) is 0.754. The van der Waals surface area contributed by atoms with Gasteiger partial charge in [0.1, 0.15) is 11.5 Å². The van der Waals surface area contributed by atoms with Gasteiger partial charge >= 0.3 is 5.97 Å². The van der Waals surface area contributed by atoms with Crippen LogP contribution in [0.25, 0.3) is 11.3 Å². The highest BCUT2D eigenvalue weighted by atomic mass is 35.5. The first-order chi connectivity index (χ1) is 11.5. The first-order valence-corrected chi connectivity index (χ1v) is 7.58. The molecular weight excluding hydrogens is 356 g/mol. The summed E-state index contributed by atoms with van der Waals surface area (Å²) in [6, 6.07) is 10.9. The zero-order chi connectivity index (χ0) is 17.3. The number of aromatic carboxylic acids is 1. The maximum atomic E-state index is 14.0. The highest BCUT2D eigenvalue weighted by Gasteiger charge is 2.22. The Labute approximate surface area is 146 Å². The second-order valence-corrected chi connectivity index (χ2v) is 5.80. The number of rotatable bonds is 4. The second kappa shape index (κ2) is 6.59. The van der Waals surface area contributed by atoms with Gasteiger partial charge in [-0.15, -0.1) is 5.10 Å². The van der Waals surface area contributed by atoms with Crippen molar-refractivity contribution in [2.24, 2.45) is 0 Å². The van der Waals surface area contributed by atoms with Crippen molar-refractivity contribution in [3.05, 3.63) is 69.6 Å². The number of aromatic nitrogens is 3. The van der Waals surface area contributed by atoms with Gasteiger partial charge in [-0.05, 0) is 24.3 Å². The van der Waals surface area contributed by atoms with Crippen molar-refractivity contribution in [1.82, 2.24) is 15.0 Å². The van der Waals surface area contributed by atoms with Crippen molar-refractivity contribution in [2.45, 2.75) is 6.54 Å². The van der Waals surface area contributed by atoms with Gasteiger partial charge in [-0.25, -0.2) is 13.9 Å². The number of carboxylic acids is 1. The van der Waals surface area contributed by atoms with E-state index < -0.39 is 11.8 Å². The van der Waals surface area contributed by atoms with Crippen molar-refractivity contribution in [2.75, 3.05) is 0 Å². The standard InChI is InChI=1S/C16H10Cl2FN3O2/c17-10-4-1-3-9(7-10)15-14(16(23)24)20-21-22(15)8-11-12(18)5-2-6-13(11)19/h1-7H,8H2,(H,23,24). The molecule has 0 radical (unpaired) electrons. The van der Waals surface area contributed by atoms with E-state index in [1.807, 2.05) is 0 Å².